The second-order valence-corrected chi connectivity index (χ2v) is 7.80. The van der Waals surface area contributed by atoms with Crippen molar-refractivity contribution in [2.45, 2.75) is 53.0 Å². The molecule has 25 heavy (non-hydrogen) atoms. The quantitative estimate of drug-likeness (QED) is 0.735. The molecule has 0 spiro atoms. The van der Waals surface area contributed by atoms with Crippen LogP contribution in [0.1, 0.15) is 61.6 Å². The van der Waals surface area contributed by atoms with E-state index in [1.807, 2.05) is 13.0 Å². The van der Waals surface area contributed by atoms with Gasteiger partial charge in [-0.05, 0) is 54.5 Å². The first-order valence-corrected chi connectivity index (χ1v) is 8.83. The van der Waals surface area contributed by atoms with Gasteiger partial charge in [0.25, 0.3) is 0 Å². The lowest BCUT2D eigenvalue weighted by atomic mass is 9.87. The number of carbonyl (C=O) groups is 1. The van der Waals surface area contributed by atoms with Gasteiger partial charge in [0.05, 0.1) is 6.04 Å². The van der Waals surface area contributed by atoms with Crippen LogP contribution in [-0.2, 0) is 10.2 Å². The minimum Gasteiger partial charge on any atom is -0.346 e. The molecule has 132 valence electrons. The Bertz CT molecular complexity index is 764. The zero-order valence-electron chi connectivity index (χ0n) is 16.2. The minimum absolute atomic E-state index is 0.0129. The number of rotatable bonds is 4. The smallest absolute Gasteiger partial charge is 0.244 e. The molecule has 2 rings (SSSR count). The average Bonchev–Trinajstić information content (AvgIpc) is 2.52. The van der Waals surface area contributed by atoms with Crippen molar-refractivity contribution >= 4 is 12.0 Å². The van der Waals surface area contributed by atoms with E-state index in [0.717, 1.165) is 11.1 Å². The van der Waals surface area contributed by atoms with Crippen LogP contribution >= 0.6 is 0 Å². The minimum atomic E-state index is -0.0765. The second kappa shape index (κ2) is 7.69. The van der Waals surface area contributed by atoms with Gasteiger partial charge < -0.3 is 5.32 Å². The average molecular weight is 335 g/mol. The number of amides is 1. The summed E-state index contributed by atoms with van der Waals surface area (Å²) in [6.07, 6.45) is 3.46. The SMILES string of the molecule is Cc1ccc([C@H](C)NC(=O)/C=C/c2ccc(C(C)(C)C)cc2)c(C)c1. The fraction of sp³-hybridized carbons (Fsp3) is 0.348. The third kappa shape index (κ3) is 5.32. The predicted octanol–water partition coefficient (Wildman–Crippen LogP) is 5.49. The molecule has 0 aliphatic rings. The molecule has 0 fully saturated rings. The van der Waals surface area contributed by atoms with E-state index in [0.29, 0.717) is 0 Å². The van der Waals surface area contributed by atoms with Crippen LogP contribution < -0.4 is 5.32 Å². The zero-order valence-corrected chi connectivity index (χ0v) is 16.2. The number of hydrogen-bond acceptors (Lipinski definition) is 1. The van der Waals surface area contributed by atoms with Crippen LogP contribution in [0, 0.1) is 13.8 Å². The highest BCUT2D eigenvalue weighted by molar-refractivity contribution is 5.92. The summed E-state index contributed by atoms with van der Waals surface area (Å²) in [7, 11) is 0. The van der Waals surface area contributed by atoms with E-state index in [-0.39, 0.29) is 17.4 Å². The maximum atomic E-state index is 12.2. The van der Waals surface area contributed by atoms with Crippen molar-refractivity contribution in [3.8, 4) is 0 Å². The van der Waals surface area contributed by atoms with Crippen LogP contribution in [0.5, 0.6) is 0 Å². The summed E-state index contributed by atoms with van der Waals surface area (Å²) in [4.78, 5) is 12.2. The summed E-state index contributed by atoms with van der Waals surface area (Å²) in [5, 5.41) is 3.04. The van der Waals surface area contributed by atoms with Gasteiger partial charge in [-0.25, -0.2) is 0 Å². The monoisotopic (exact) mass is 335 g/mol. The molecule has 0 aromatic heterocycles. The van der Waals surface area contributed by atoms with Crippen molar-refractivity contribution in [1.29, 1.82) is 0 Å². The molecule has 0 radical (unpaired) electrons. The van der Waals surface area contributed by atoms with E-state index in [4.69, 9.17) is 0 Å². The van der Waals surface area contributed by atoms with Gasteiger partial charge in [0.2, 0.25) is 5.91 Å². The number of aryl methyl sites for hydroxylation is 2. The van der Waals surface area contributed by atoms with E-state index in [1.54, 1.807) is 6.08 Å². The van der Waals surface area contributed by atoms with Crippen LogP contribution in [0.25, 0.3) is 6.08 Å². The van der Waals surface area contributed by atoms with Gasteiger partial charge in [-0.15, -0.1) is 0 Å². The fourth-order valence-electron chi connectivity index (χ4n) is 2.92. The predicted molar refractivity (Wildman–Crippen MR) is 107 cm³/mol. The third-order valence-electron chi connectivity index (χ3n) is 4.45. The maximum Gasteiger partial charge on any atom is 0.244 e. The number of benzene rings is 2. The second-order valence-electron chi connectivity index (χ2n) is 7.80. The third-order valence-corrected chi connectivity index (χ3v) is 4.45. The molecule has 0 heterocycles. The van der Waals surface area contributed by atoms with Crippen LogP contribution in [0.15, 0.2) is 48.5 Å². The molecule has 0 aliphatic carbocycles. The molecule has 0 unspecified atom stereocenters. The molecule has 2 heteroatoms. The van der Waals surface area contributed by atoms with Gasteiger partial charge in [-0.1, -0.05) is 68.8 Å². The molecule has 0 bridgehead atoms. The summed E-state index contributed by atoms with van der Waals surface area (Å²) in [5.74, 6) is -0.0765. The molecule has 0 saturated heterocycles. The largest absolute Gasteiger partial charge is 0.346 e. The zero-order chi connectivity index (χ0) is 18.6. The summed E-state index contributed by atoms with van der Waals surface area (Å²) < 4.78 is 0. The van der Waals surface area contributed by atoms with E-state index in [1.165, 1.54) is 16.7 Å². The van der Waals surface area contributed by atoms with Crippen molar-refractivity contribution in [1.82, 2.24) is 5.32 Å². The first-order valence-electron chi connectivity index (χ1n) is 8.83. The Hall–Kier alpha value is -2.35. The van der Waals surface area contributed by atoms with E-state index >= 15 is 0 Å². The highest BCUT2D eigenvalue weighted by Crippen LogP contribution is 2.22. The summed E-state index contributed by atoms with van der Waals surface area (Å²) in [5.41, 5.74) is 6.05. The molecular formula is C23H29NO. The summed E-state index contributed by atoms with van der Waals surface area (Å²) >= 11 is 0. The molecule has 2 aromatic carbocycles. The number of hydrogen-bond donors (Lipinski definition) is 1. The van der Waals surface area contributed by atoms with Crippen LogP contribution in [0.2, 0.25) is 0 Å². The Morgan fingerprint density at radius 1 is 1.04 bits per heavy atom. The van der Waals surface area contributed by atoms with E-state index in [9.17, 15) is 4.79 Å². The standard InChI is InChI=1S/C23H29NO/c1-16-7-13-21(17(2)15-16)18(3)24-22(25)14-10-19-8-11-20(12-9-19)23(4,5)6/h7-15,18H,1-6H3,(H,24,25)/b14-10+/t18-/m0/s1. The molecule has 1 amide bonds. The first-order chi connectivity index (χ1) is 11.7. The lowest BCUT2D eigenvalue weighted by Gasteiger charge is -2.18. The lowest BCUT2D eigenvalue weighted by molar-refractivity contribution is -0.117. The van der Waals surface area contributed by atoms with Crippen molar-refractivity contribution in [2.24, 2.45) is 0 Å². The van der Waals surface area contributed by atoms with Crippen molar-refractivity contribution in [2.75, 3.05) is 0 Å². The van der Waals surface area contributed by atoms with Crippen molar-refractivity contribution in [3.63, 3.8) is 0 Å². The maximum absolute atomic E-state index is 12.2. The van der Waals surface area contributed by atoms with Gasteiger partial charge >= 0.3 is 0 Å². The number of carbonyl (C=O) groups excluding carboxylic acids is 1. The normalized spacial score (nSPS) is 13.0. The first kappa shape index (κ1) is 19.0. The molecular weight excluding hydrogens is 306 g/mol. The van der Waals surface area contributed by atoms with Crippen LogP contribution in [0.4, 0.5) is 0 Å². The highest BCUT2D eigenvalue weighted by atomic mass is 16.1. The lowest BCUT2D eigenvalue weighted by Crippen LogP contribution is -2.25. The van der Waals surface area contributed by atoms with Crippen LogP contribution in [0.3, 0.4) is 0 Å². The van der Waals surface area contributed by atoms with Gasteiger partial charge in [0.15, 0.2) is 0 Å². The molecule has 2 aromatic rings. The molecule has 0 aliphatic heterocycles. The van der Waals surface area contributed by atoms with Crippen molar-refractivity contribution < 1.29 is 4.79 Å². The Kier molecular flexibility index (Phi) is 5.84. The van der Waals surface area contributed by atoms with E-state index < -0.39 is 0 Å². The molecule has 1 atom stereocenters. The Balaban J connectivity index is 2.00. The summed E-state index contributed by atoms with van der Waals surface area (Å²) in [6.45, 7) is 12.8. The Morgan fingerprint density at radius 3 is 2.24 bits per heavy atom. The Morgan fingerprint density at radius 2 is 1.68 bits per heavy atom. The molecule has 0 saturated carbocycles. The van der Waals surface area contributed by atoms with Gasteiger partial charge in [-0.3, -0.25) is 4.79 Å². The molecule has 1 N–H and O–H groups in total. The fourth-order valence-corrected chi connectivity index (χ4v) is 2.92. The van der Waals surface area contributed by atoms with Gasteiger partial charge in [0.1, 0.15) is 0 Å². The summed E-state index contributed by atoms with van der Waals surface area (Å²) in [6, 6.07) is 14.6. The van der Waals surface area contributed by atoms with E-state index in [2.05, 4.69) is 82.4 Å². The topological polar surface area (TPSA) is 29.1 Å². The van der Waals surface area contributed by atoms with Crippen molar-refractivity contribution in [3.05, 3.63) is 76.4 Å². The van der Waals surface area contributed by atoms with Gasteiger partial charge in [0, 0.05) is 6.08 Å². The molecule has 2 nitrogen and oxygen atoms in total. The van der Waals surface area contributed by atoms with Gasteiger partial charge in [-0.2, -0.15) is 0 Å². The number of nitrogens with one attached hydrogen (secondary N) is 1. The van der Waals surface area contributed by atoms with Crippen LogP contribution in [-0.4, -0.2) is 5.91 Å². The Labute approximate surface area is 152 Å². The highest BCUT2D eigenvalue weighted by Gasteiger charge is 2.13.